The summed E-state index contributed by atoms with van der Waals surface area (Å²) in [4.78, 5) is 2.13. The van der Waals surface area contributed by atoms with Crippen molar-refractivity contribution in [1.82, 2.24) is 0 Å². The van der Waals surface area contributed by atoms with Crippen LogP contribution in [0.5, 0.6) is 0 Å². The molecular weight excluding hydrogens is 231 g/mol. The Balaban J connectivity index is 3.13. The number of hydrogen-bond donors (Lipinski definition) is 1. The van der Waals surface area contributed by atoms with E-state index in [0.29, 0.717) is 5.71 Å². The van der Waals surface area contributed by atoms with Gasteiger partial charge in [0.05, 0.1) is 0 Å². The average molecular weight is 239 g/mol. The standard InChI is InChI=1S/C9H8N2OSe/c1-7(11-12)8-4-2-3-5-9(8)13-6-10/h2-5,12H,1H3/b11-7+. The summed E-state index contributed by atoms with van der Waals surface area (Å²) in [5, 5.41) is 20.3. The third-order valence-electron chi connectivity index (χ3n) is 1.58. The van der Waals surface area contributed by atoms with Crippen molar-refractivity contribution in [3.05, 3.63) is 29.8 Å². The molecule has 0 unspecified atom stereocenters. The van der Waals surface area contributed by atoms with Gasteiger partial charge >= 0.3 is 82.5 Å². The summed E-state index contributed by atoms with van der Waals surface area (Å²) in [6.07, 6.45) is 0. The first-order chi connectivity index (χ1) is 6.29. The topological polar surface area (TPSA) is 56.4 Å². The summed E-state index contributed by atoms with van der Waals surface area (Å²) in [6.45, 7) is 1.71. The molecule has 1 rings (SSSR count). The molecule has 0 spiro atoms. The second-order valence-electron chi connectivity index (χ2n) is 2.37. The number of benzene rings is 1. The van der Waals surface area contributed by atoms with Gasteiger partial charge in [0.2, 0.25) is 0 Å². The zero-order valence-corrected chi connectivity index (χ0v) is 8.77. The molecule has 0 aromatic heterocycles. The van der Waals surface area contributed by atoms with Crippen molar-refractivity contribution >= 4 is 25.1 Å². The summed E-state index contributed by atoms with van der Waals surface area (Å²) >= 11 is -0.206. The van der Waals surface area contributed by atoms with Gasteiger partial charge in [-0.1, -0.05) is 0 Å². The van der Waals surface area contributed by atoms with Crippen LogP contribution in [0.3, 0.4) is 0 Å². The minimum atomic E-state index is -0.206. The second-order valence-corrected chi connectivity index (χ2v) is 4.11. The number of nitrogens with zero attached hydrogens (tertiary/aromatic N) is 2. The molecule has 0 saturated heterocycles. The van der Waals surface area contributed by atoms with Gasteiger partial charge in [-0.05, 0) is 0 Å². The van der Waals surface area contributed by atoms with Crippen LogP contribution in [0.2, 0.25) is 0 Å². The molecule has 0 heterocycles. The molecule has 0 atom stereocenters. The molecule has 1 aromatic carbocycles. The quantitative estimate of drug-likeness (QED) is 0.357. The van der Waals surface area contributed by atoms with Crippen molar-refractivity contribution in [3.8, 4) is 4.97 Å². The number of nitriles is 1. The van der Waals surface area contributed by atoms with Gasteiger partial charge in [0, 0.05) is 0 Å². The van der Waals surface area contributed by atoms with Crippen LogP contribution >= 0.6 is 0 Å². The van der Waals surface area contributed by atoms with E-state index in [0.717, 1.165) is 10.0 Å². The van der Waals surface area contributed by atoms with Gasteiger partial charge in [-0.3, -0.25) is 0 Å². The molecular formula is C9H8N2OSe. The van der Waals surface area contributed by atoms with Crippen molar-refractivity contribution < 1.29 is 5.21 Å². The van der Waals surface area contributed by atoms with Gasteiger partial charge in [-0.15, -0.1) is 0 Å². The third kappa shape index (κ3) is 2.32. The van der Waals surface area contributed by atoms with E-state index >= 15 is 0 Å². The second kappa shape index (κ2) is 4.66. The fourth-order valence-electron chi connectivity index (χ4n) is 0.958. The fraction of sp³-hybridized carbons (Fsp3) is 0.111. The van der Waals surface area contributed by atoms with Gasteiger partial charge in [-0.2, -0.15) is 0 Å². The van der Waals surface area contributed by atoms with Crippen LogP contribution in [0.1, 0.15) is 12.5 Å². The molecule has 4 heteroatoms. The van der Waals surface area contributed by atoms with E-state index in [2.05, 4.69) is 10.1 Å². The van der Waals surface area contributed by atoms with Crippen LogP contribution in [0.4, 0.5) is 0 Å². The number of oxime groups is 1. The van der Waals surface area contributed by atoms with E-state index in [9.17, 15) is 0 Å². The van der Waals surface area contributed by atoms with Crippen LogP contribution in [0.25, 0.3) is 0 Å². The Labute approximate surface area is 82.8 Å². The molecule has 0 aliphatic carbocycles. The summed E-state index contributed by atoms with van der Waals surface area (Å²) in [5.41, 5.74) is 1.40. The third-order valence-corrected chi connectivity index (χ3v) is 2.98. The molecule has 0 aliphatic rings. The van der Waals surface area contributed by atoms with Crippen LogP contribution in [0, 0.1) is 10.2 Å². The first kappa shape index (κ1) is 9.78. The van der Waals surface area contributed by atoms with Gasteiger partial charge in [-0.25, -0.2) is 0 Å². The van der Waals surface area contributed by atoms with E-state index in [1.54, 1.807) is 6.92 Å². The molecule has 66 valence electrons. The van der Waals surface area contributed by atoms with Crippen LogP contribution in [0.15, 0.2) is 29.4 Å². The van der Waals surface area contributed by atoms with Gasteiger partial charge < -0.3 is 0 Å². The van der Waals surface area contributed by atoms with E-state index in [4.69, 9.17) is 10.5 Å². The molecule has 0 amide bonds. The molecule has 1 aromatic rings. The number of rotatable bonds is 2. The van der Waals surface area contributed by atoms with Gasteiger partial charge in [0.1, 0.15) is 0 Å². The summed E-state index contributed by atoms with van der Waals surface area (Å²) < 4.78 is 0.952. The summed E-state index contributed by atoms with van der Waals surface area (Å²) in [6, 6.07) is 7.47. The van der Waals surface area contributed by atoms with E-state index in [-0.39, 0.29) is 15.0 Å². The molecule has 0 fully saturated rings. The predicted octanol–water partition coefficient (Wildman–Crippen LogP) is 0.695. The SMILES string of the molecule is C/C(=N\O)c1ccccc1[Se]C#N. The Hall–Kier alpha value is -1.30. The van der Waals surface area contributed by atoms with Gasteiger partial charge in [0.15, 0.2) is 0 Å². The van der Waals surface area contributed by atoms with E-state index < -0.39 is 0 Å². The van der Waals surface area contributed by atoms with Crippen molar-refractivity contribution in [3.63, 3.8) is 0 Å². The monoisotopic (exact) mass is 240 g/mol. The summed E-state index contributed by atoms with van der Waals surface area (Å²) in [7, 11) is 0. The maximum absolute atomic E-state index is 8.59. The normalized spacial score (nSPS) is 10.9. The predicted molar refractivity (Wildman–Crippen MR) is 51.4 cm³/mol. The first-order valence-corrected chi connectivity index (χ1v) is 5.35. The van der Waals surface area contributed by atoms with Crippen molar-refractivity contribution in [2.45, 2.75) is 6.92 Å². The van der Waals surface area contributed by atoms with Crippen molar-refractivity contribution in [2.24, 2.45) is 5.16 Å². The number of hydrogen-bond acceptors (Lipinski definition) is 3. The molecule has 3 nitrogen and oxygen atoms in total. The van der Waals surface area contributed by atoms with E-state index in [1.807, 2.05) is 24.3 Å². The summed E-state index contributed by atoms with van der Waals surface area (Å²) in [5.74, 6) is 0. The Morgan fingerprint density at radius 3 is 2.85 bits per heavy atom. The van der Waals surface area contributed by atoms with Crippen LogP contribution in [-0.4, -0.2) is 25.9 Å². The Kier molecular flexibility index (Phi) is 3.51. The molecule has 1 N–H and O–H groups in total. The Bertz CT molecular complexity index is 368. The Morgan fingerprint density at radius 2 is 2.23 bits per heavy atom. The van der Waals surface area contributed by atoms with Crippen LogP contribution in [-0.2, 0) is 0 Å². The van der Waals surface area contributed by atoms with Gasteiger partial charge in [0.25, 0.3) is 0 Å². The first-order valence-electron chi connectivity index (χ1n) is 3.63. The van der Waals surface area contributed by atoms with Crippen LogP contribution < -0.4 is 4.46 Å². The Morgan fingerprint density at radius 1 is 1.54 bits per heavy atom. The van der Waals surface area contributed by atoms with Crippen molar-refractivity contribution in [2.75, 3.05) is 0 Å². The molecule has 0 bridgehead atoms. The maximum atomic E-state index is 8.59. The average Bonchev–Trinajstić information content (AvgIpc) is 2.18. The zero-order valence-electron chi connectivity index (χ0n) is 7.06. The molecule has 0 saturated carbocycles. The molecule has 0 aliphatic heterocycles. The minimum absolute atomic E-state index is 0.206. The fourth-order valence-corrected chi connectivity index (χ4v) is 2.15. The molecule has 13 heavy (non-hydrogen) atoms. The molecule has 0 radical (unpaired) electrons. The van der Waals surface area contributed by atoms with Crippen molar-refractivity contribution in [1.29, 1.82) is 5.26 Å². The zero-order chi connectivity index (χ0) is 9.68. The van der Waals surface area contributed by atoms with E-state index in [1.165, 1.54) is 0 Å².